The Morgan fingerprint density at radius 2 is 1.21 bits per heavy atom. The molecule has 0 saturated carbocycles. The number of aliphatic hydroxyl groups excluding tert-OH is 2. The van der Waals surface area contributed by atoms with E-state index in [-0.39, 0.29) is 39.8 Å². The summed E-state index contributed by atoms with van der Waals surface area (Å²) in [4.78, 5) is 14.3. The van der Waals surface area contributed by atoms with Crippen LogP contribution >= 0.6 is 0 Å². The van der Waals surface area contributed by atoms with Gasteiger partial charge in [0.05, 0.1) is 5.91 Å². The zero-order chi connectivity index (χ0) is 22.4. The van der Waals surface area contributed by atoms with Crippen molar-refractivity contribution >= 4 is 22.1 Å². The number of hydrogen-bond donors (Lipinski definition) is 2. The molecule has 0 aromatic rings. The molecule has 0 heterocycles. The van der Waals surface area contributed by atoms with Crippen LogP contribution in [0.3, 0.4) is 0 Å². The van der Waals surface area contributed by atoms with Crippen molar-refractivity contribution in [3.05, 3.63) is 23.0 Å². The van der Waals surface area contributed by atoms with E-state index in [9.17, 15) is 4.79 Å². The second kappa shape index (κ2) is 17.8. The molecule has 0 aromatic carbocycles. The minimum absolute atomic E-state index is 0. The van der Waals surface area contributed by atoms with Crippen molar-refractivity contribution in [1.29, 1.82) is 0 Å². The summed E-state index contributed by atoms with van der Waals surface area (Å²) in [5.74, 6) is 0.0955. The maximum atomic E-state index is 12.5. The zero-order valence-electron chi connectivity index (χ0n) is 20.4. The number of aliphatic hydroxyl groups is 2. The van der Waals surface area contributed by atoms with Gasteiger partial charge in [0.15, 0.2) is 0 Å². The second-order valence-electron chi connectivity index (χ2n) is 8.99. The van der Waals surface area contributed by atoms with Crippen LogP contribution in [0.4, 0.5) is 0 Å². The molecule has 0 unspecified atom stereocenters. The summed E-state index contributed by atoms with van der Waals surface area (Å²) < 4.78 is 0. The average Bonchev–Trinajstić information content (AvgIpc) is 2.41. The van der Waals surface area contributed by atoms with Crippen molar-refractivity contribution < 1.29 is 36.7 Å². The van der Waals surface area contributed by atoms with Gasteiger partial charge in [0.2, 0.25) is 0 Å². The van der Waals surface area contributed by atoms with Gasteiger partial charge in [0, 0.05) is 25.3 Å². The van der Waals surface area contributed by atoms with Gasteiger partial charge >= 0.3 is 21.7 Å². The maximum absolute atomic E-state index is 12.5. The Balaban J connectivity index is -0.000000270. The van der Waals surface area contributed by atoms with E-state index in [1.54, 1.807) is 27.7 Å². The first-order valence-corrected chi connectivity index (χ1v) is 16.9. The van der Waals surface area contributed by atoms with E-state index in [2.05, 4.69) is 50.7 Å². The van der Waals surface area contributed by atoms with Crippen molar-refractivity contribution in [2.45, 2.75) is 93.0 Å². The number of hydrogen-bond acceptors (Lipinski definition) is 3. The zero-order valence-corrected chi connectivity index (χ0v) is 24.0. The number of rotatable bonds is 6. The monoisotopic (exact) mass is 463 g/mol. The summed E-state index contributed by atoms with van der Waals surface area (Å²) in [6.07, 6.45) is 1.56. The summed E-state index contributed by atoms with van der Waals surface area (Å²) in [7, 11) is -2.96. The largest absolute Gasteiger partial charge is 2.00 e. The second-order valence-corrected chi connectivity index (χ2v) is 18.5. The fourth-order valence-electron chi connectivity index (χ4n) is 1.53. The molecule has 28 heavy (non-hydrogen) atoms. The standard InChI is InChI=1S/C15H29NOSi2.2C3H8O.Ti/c1-9-16(10-2)15(17)14(13-19(6,7)8)11-12-18(3,4)5;2*1-3(2)4;/h11H,9-10H2,1-8H3;2*3-4H,1-2H3;/q-2;;;+2. The van der Waals surface area contributed by atoms with Gasteiger partial charge in [-0.2, -0.15) is 0 Å². The van der Waals surface area contributed by atoms with Crippen LogP contribution in [-0.2, 0) is 26.5 Å². The van der Waals surface area contributed by atoms with Crippen molar-refractivity contribution in [3.63, 3.8) is 0 Å². The summed E-state index contributed by atoms with van der Waals surface area (Å²) in [5.41, 5.74) is 7.58. The first-order valence-electron chi connectivity index (χ1n) is 9.88. The summed E-state index contributed by atoms with van der Waals surface area (Å²) >= 11 is 0. The molecule has 0 bridgehead atoms. The molecule has 0 aliphatic carbocycles. The number of carbonyl (C=O) groups excluding carboxylic acids is 1. The summed E-state index contributed by atoms with van der Waals surface area (Å²) in [5, 5.41) is 16.1. The van der Waals surface area contributed by atoms with Crippen LogP contribution in [0.5, 0.6) is 0 Å². The molecule has 2 N–H and O–H groups in total. The molecule has 0 aliphatic rings. The molecule has 0 aliphatic heterocycles. The minimum Gasteiger partial charge on any atom is -0.407 e. The third-order valence-electron chi connectivity index (χ3n) is 2.44. The first kappa shape index (κ1) is 35.5. The van der Waals surface area contributed by atoms with Crippen molar-refractivity contribution in [3.8, 4) is 0 Å². The SMILES string of the molecule is CC(C)O.CC(C)O.CCN(CC)C(=O)C(=[C-][Si](C)(C)C)C=[C-][Si](C)(C)C.[Ti+2]. The van der Waals surface area contributed by atoms with Gasteiger partial charge < -0.3 is 37.4 Å². The summed E-state index contributed by atoms with van der Waals surface area (Å²) in [6.45, 7) is 25.7. The van der Waals surface area contributed by atoms with Gasteiger partial charge in [-0.3, -0.25) is 5.57 Å². The van der Waals surface area contributed by atoms with Crippen LogP contribution < -0.4 is 0 Å². The third-order valence-corrected chi connectivity index (χ3v) is 4.47. The predicted octanol–water partition coefficient (Wildman–Crippen LogP) is 4.47. The minimum atomic E-state index is -1.54. The number of nitrogens with zero attached hydrogens (tertiary/aromatic N) is 1. The quantitative estimate of drug-likeness (QED) is 0.264. The van der Waals surface area contributed by atoms with Gasteiger partial charge in [-0.05, 0) is 57.7 Å². The molecule has 1 amide bonds. The van der Waals surface area contributed by atoms with Gasteiger partial charge in [-0.15, -0.1) is 0 Å². The van der Waals surface area contributed by atoms with Crippen LogP contribution in [0, 0.1) is 11.4 Å². The normalized spacial score (nSPS) is 12.1. The van der Waals surface area contributed by atoms with Crippen molar-refractivity contribution in [1.82, 2.24) is 4.90 Å². The molecule has 7 heteroatoms. The Hall–Kier alpha value is 0.0181. The molecule has 0 radical (unpaired) electrons. The van der Waals surface area contributed by atoms with Crippen LogP contribution in [0.2, 0.25) is 39.3 Å². The Bertz CT molecular complexity index is 436. The Kier molecular flexibility index (Phi) is 22.6. The van der Waals surface area contributed by atoms with E-state index in [0.717, 1.165) is 13.1 Å². The van der Waals surface area contributed by atoms with Gasteiger partial charge in [-0.1, -0.05) is 39.3 Å². The predicted molar refractivity (Wildman–Crippen MR) is 124 cm³/mol. The van der Waals surface area contributed by atoms with Crippen molar-refractivity contribution in [2.24, 2.45) is 0 Å². The molecule has 0 aromatic heterocycles. The van der Waals surface area contributed by atoms with Crippen LogP contribution in [0.15, 0.2) is 11.6 Å². The van der Waals surface area contributed by atoms with Gasteiger partial charge in [-0.25, -0.2) is 0 Å². The van der Waals surface area contributed by atoms with Crippen LogP contribution in [-0.4, -0.2) is 62.5 Å². The number of likely N-dealkylation sites (N-methyl/N-ethyl adjacent to an activating group) is 1. The van der Waals surface area contributed by atoms with E-state index >= 15 is 0 Å². The van der Waals surface area contributed by atoms with E-state index in [1.165, 1.54) is 0 Å². The number of amides is 1. The molecule has 164 valence electrons. The fourth-order valence-corrected chi connectivity index (χ4v) is 3.09. The topological polar surface area (TPSA) is 60.8 Å². The average molecular weight is 464 g/mol. The molecule has 0 fully saturated rings. The molecule has 0 rings (SSSR count). The van der Waals surface area contributed by atoms with E-state index < -0.39 is 16.1 Å². The smallest absolute Gasteiger partial charge is 0.407 e. The summed E-state index contributed by atoms with van der Waals surface area (Å²) in [6, 6.07) is 0. The molecule has 4 nitrogen and oxygen atoms in total. The van der Waals surface area contributed by atoms with Crippen LogP contribution in [0.25, 0.3) is 0 Å². The Morgan fingerprint density at radius 3 is 1.43 bits per heavy atom. The molecule has 0 spiro atoms. The molecular weight excluding hydrogens is 418 g/mol. The van der Waals surface area contributed by atoms with E-state index in [4.69, 9.17) is 10.2 Å². The third kappa shape index (κ3) is 30.7. The number of carbonyl (C=O) groups is 1. The van der Waals surface area contributed by atoms with Crippen molar-refractivity contribution in [2.75, 3.05) is 13.1 Å². The first-order chi connectivity index (χ1) is 12.0. The Morgan fingerprint density at radius 1 is 0.893 bits per heavy atom. The van der Waals surface area contributed by atoms with E-state index in [1.807, 2.05) is 24.8 Å². The van der Waals surface area contributed by atoms with Gasteiger partial charge in [0.1, 0.15) is 0 Å². The van der Waals surface area contributed by atoms with Crippen LogP contribution in [0.1, 0.15) is 41.5 Å². The molecule has 0 atom stereocenters. The van der Waals surface area contributed by atoms with Gasteiger partial charge in [0.25, 0.3) is 0 Å². The van der Waals surface area contributed by atoms with E-state index in [0.29, 0.717) is 5.57 Å². The molecular formula is C21H45NO3Si2Ti. The Labute approximate surface area is 192 Å². The molecule has 0 saturated heterocycles. The maximum Gasteiger partial charge on any atom is 2.00 e. The fraction of sp³-hybridized carbons (Fsp3) is 0.762.